The van der Waals surface area contributed by atoms with Crippen LogP contribution in [0.4, 0.5) is 8.78 Å². The first kappa shape index (κ1) is 16.9. The summed E-state index contributed by atoms with van der Waals surface area (Å²) in [6.07, 6.45) is 2.04. The molecule has 3 nitrogen and oxygen atoms in total. The van der Waals surface area contributed by atoms with Crippen molar-refractivity contribution in [1.29, 1.82) is 0 Å². The molecule has 1 atom stereocenters. The van der Waals surface area contributed by atoms with Crippen LogP contribution in [0.2, 0.25) is 0 Å². The Hall–Kier alpha value is -1.14. The first-order valence-corrected chi connectivity index (χ1v) is 7.65. The number of halogens is 2. The second kappa shape index (κ2) is 7.59. The van der Waals surface area contributed by atoms with Gasteiger partial charge >= 0.3 is 0 Å². The molecular formula is C14H19F2NO2S. The highest BCUT2D eigenvalue weighted by Crippen LogP contribution is 2.12. The van der Waals surface area contributed by atoms with Crippen LogP contribution < -0.4 is 5.32 Å². The maximum atomic E-state index is 13.4. The predicted molar refractivity (Wildman–Crippen MR) is 76.7 cm³/mol. The zero-order chi connectivity index (χ0) is 15.2. The summed E-state index contributed by atoms with van der Waals surface area (Å²) in [5.41, 5.74) is -0.796. The molecule has 0 aliphatic rings. The fourth-order valence-corrected chi connectivity index (χ4v) is 2.45. The van der Waals surface area contributed by atoms with Crippen molar-refractivity contribution < 1.29 is 18.7 Å². The highest BCUT2D eigenvalue weighted by molar-refractivity contribution is 7.98. The number of carbonyl (C=O) groups is 1. The molecule has 1 aromatic rings. The standard InChI is InChI=1S/C14H19F2NO2S/c1-14(19,9-20-2)8-17-13(18)6-3-10-7-11(15)4-5-12(10)16/h4-5,7,19H,3,6,8-9H2,1-2H3,(H,17,18). The van der Waals surface area contributed by atoms with Crippen molar-refractivity contribution >= 4 is 17.7 Å². The minimum absolute atomic E-state index is 0.0513. The minimum atomic E-state index is -0.973. The van der Waals surface area contributed by atoms with Gasteiger partial charge in [0.05, 0.1) is 5.60 Å². The number of rotatable bonds is 7. The smallest absolute Gasteiger partial charge is 0.220 e. The highest BCUT2D eigenvalue weighted by atomic mass is 32.2. The molecule has 0 bridgehead atoms. The summed E-state index contributed by atoms with van der Waals surface area (Å²) in [5.74, 6) is -0.834. The molecule has 0 heterocycles. The van der Waals surface area contributed by atoms with E-state index in [9.17, 15) is 18.7 Å². The Morgan fingerprint density at radius 1 is 1.45 bits per heavy atom. The summed E-state index contributed by atoms with van der Waals surface area (Å²) in [6, 6.07) is 3.18. The lowest BCUT2D eigenvalue weighted by Gasteiger charge is -2.22. The number of nitrogens with one attached hydrogen (secondary N) is 1. The summed E-state index contributed by atoms with van der Waals surface area (Å²) in [6.45, 7) is 1.77. The number of aliphatic hydroxyl groups is 1. The van der Waals surface area contributed by atoms with Crippen molar-refractivity contribution in [2.75, 3.05) is 18.6 Å². The van der Waals surface area contributed by atoms with Crippen LogP contribution in [-0.2, 0) is 11.2 Å². The second-order valence-corrected chi connectivity index (χ2v) is 5.81. The van der Waals surface area contributed by atoms with Gasteiger partial charge in [-0.05, 0) is 43.4 Å². The maximum absolute atomic E-state index is 13.4. The number of thioether (sulfide) groups is 1. The fourth-order valence-electron chi connectivity index (χ4n) is 1.72. The SMILES string of the molecule is CSCC(C)(O)CNC(=O)CCc1cc(F)ccc1F. The van der Waals surface area contributed by atoms with E-state index in [4.69, 9.17) is 0 Å². The summed E-state index contributed by atoms with van der Waals surface area (Å²) in [7, 11) is 0. The number of hydrogen-bond donors (Lipinski definition) is 2. The average molecular weight is 303 g/mol. The quantitative estimate of drug-likeness (QED) is 0.811. The van der Waals surface area contributed by atoms with Crippen LogP contribution in [-0.4, -0.2) is 35.2 Å². The van der Waals surface area contributed by atoms with Crippen LogP contribution in [0.15, 0.2) is 18.2 Å². The van der Waals surface area contributed by atoms with Crippen molar-refractivity contribution in [1.82, 2.24) is 5.32 Å². The third-order valence-electron chi connectivity index (χ3n) is 2.75. The molecule has 0 saturated carbocycles. The van der Waals surface area contributed by atoms with Gasteiger partial charge in [-0.1, -0.05) is 0 Å². The van der Waals surface area contributed by atoms with Gasteiger partial charge < -0.3 is 10.4 Å². The van der Waals surface area contributed by atoms with E-state index in [-0.39, 0.29) is 30.9 Å². The van der Waals surface area contributed by atoms with Crippen molar-refractivity contribution in [3.8, 4) is 0 Å². The molecule has 0 aliphatic carbocycles. The Labute approximate surface area is 121 Å². The monoisotopic (exact) mass is 303 g/mol. The predicted octanol–water partition coefficient (Wildman–Crippen LogP) is 2.13. The van der Waals surface area contributed by atoms with Gasteiger partial charge in [-0.2, -0.15) is 11.8 Å². The maximum Gasteiger partial charge on any atom is 0.220 e. The lowest BCUT2D eigenvalue weighted by molar-refractivity contribution is -0.122. The van der Waals surface area contributed by atoms with Gasteiger partial charge in [-0.25, -0.2) is 8.78 Å². The van der Waals surface area contributed by atoms with Crippen molar-refractivity contribution in [2.45, 2.75) is 25.4 Å². The molecule has 2 N–H and O–H groups in total. The first-order chi connectivity index (χ1) is 9.34. The van der Waals surface area contributed by atoms with E-state index in [0.29, 0.717) is 5.75 Å². The van der Waals surface area contributed by atoms with Gasteiger partial charge in [0.2, 0.25) is 5.91 Å². The molecule has 0 radical (unpaired) electrons. The lowest BCUT2D eigenvalue weighted by Crippen LogP contribution is -2.42. The Bertz CT molecular complexity index is 466. The number of aryl methyl sites for hydroxylation is 1. The summed E-state index contributed by atoms with van der Waals surface area (Å²) < 4.78 is 26.3. The van der Waals surface area contributed by atoms with Crippen molar-refractivity contribution in [2.24, 2.45) is 0 Å². The number of benzene rings is 1. The molecule has 0 aliphatic heterocycles. The molecule has 20 heavy (non-hydrogen) atoms. The van der Waals surface area contributed by atoms with Gasteiger partial charge in [0.25, 0.3) is 0 Å². The summed E-state index contributed by atoms with van der Waals surface area (Å²) in [5, 5.41) is 12.5. The molecule has 0 saturated heterocycles. The Morgan fingerprint density at radius 2 is 2.15 bits per heavy atom. The largest absolute Gasteiger partial charge is 0.387 e. The topological polar surface area (TPSA) is 49.3 Å². The first-order valence-electron chi connectivity index (χ1n) is 6.26. The van der Waals surface area contributed by atoms with Gasteiger partial charge in [0.15, 0.2) is 0 Å². The molecular weight excluding hydrogens is 284 g/mol. The molecule has 0 aromatic heterocycles. The van der Waals surface area contributed by atoms with E-state index in [1.54, 1.807) is 6.92 Å². The van der Waals surface area contributed by atoms with E-state index in [1.165, 1.54) is 11.8 Å². The molecule has 1 rings (SSSR count). The third-order valence-corrected chi connectivity index (χ3v) is 3.66. The van der Waals surface area contributed by atoms with Crippen LogP contribution >= 0.6 is 11.8 Å². The molecule has 1 unspecified atom stereocenters. The van der Waals surface area contributed by atoms with Crippen LogP contribution in [0.25, 0.3) is 0 Å². The molecule has 0 spiro atoms. The molecule has 1 amide bonds. The van der Waals surface area contributed by atoms with E-state index < -0.39 is 17.2 Å². The third kappa shape index (κ3) is 5.88. The van der Waals surface area contributed by atoms with E-state index in [1.807, 2.05) is 6.26 Å². The van der Waals surface area contributed by atoms with Crippen LogP contribution in [0, 0.1) is 11.6 Å². The van der Waals surface area contributed by atoms with Gasteiger partial charge in [0, 0.05) is 18.7 Å². The minimum Gasteiger partial charge on any atom is -0.387 e. The van der Waals surface area contributed by atoms with E-state index in [0.717, 1.165) is 18.2 Å². The molecule has 1 aromatic carbocycles. The summed E-state index contributed by atoms with van der Waals surface area (Å²) in [4.78, 5) is 11.6. The fraction of sp³-hybridized carbons (Fsp3) is 0.500. The zero-order valence-corrected chi connectivity index (χ0v) is 12.4. The van der Waals surface area contributed by atoms with Gasteiger partial charge in [0.1, 0.15) is 11.6 Å². The van der Waals surface area contributed by atoms with Gasteiger partial charge in [-0.3, -0.25) is 4.79 Å². The summed E-state index contributed by atoms with van der Waals surface area (Å²) >= 11 is 1.48. The number of hydrogen-bond acceptors (Lipinski definition) is 3. The Balaban J connectivity index is 2.42. The Kier molecular flexibility index (Phi) is 6.42. The van der Waals surface area contributed by atoms with Crippen LogP contribution in [0.5, 0.6) is 0 Å². The molecule has 6 heteroatoms. The normalized spacial score (nSPS) is 13.8. The zero-order valence-electron chi connectivity index (χ0n) is 11.6. The van der Waals surface area contributed by atoms with Crippen molar-refractivity contribution in [3.63, 3.8) is 0 Å². The Morgan fingerprint density at radius 3 is 2.80 bits per heavy atom. The number of amides is 1. The second-order valence-electron chi connectivity index (χ2n) is 4.94. The van der Waals surface area contributed by atoms with Gasteiger partial charge in [-0.15, -0.1) is 0 Å². The highest BCUT2D eigenvalue weighted by Gasteiger charge is 2.20. The van der Waals surface area contributed by atoms with Crippen LogP contribution in [0.1, 0.15) is 18.9 Å². The molecule has 0 fully saturated rings. The number of carbonyl (C=O) groups excluding carboxylic acids is 1. The average Bonchev–Trinajstić information content (AvgIpc) is 2.37. The molecule has 112 valence electrons. The lowest BCUT2D eigenvalue weighted by atomic mass is 10.1. The van der Waals surface area contributed by atoms with E-state index >= 15 is 0 Å². The van der Waals surface area contributed by atoms with Crippen molar-refractivity contribution in [3.05, 3.63) is 35.4 Å². The van der Waals surface area contributed by atoms with E-state index in [2.05, 4.69) is 5.32 Å². The van der Waals surface area contributed by atoms with Crippen LogP contribution in [0.3, 0.4) is 0 Å².